The maximum Gasteiger partial charge on any atom is 0.182 e. The molecule has 1 aromatic carbocycles. The molecule has 0 radical (unpaired) electrons. The van der Waals surface area contributed by atoms with Gasteiger partial charge in [-0.15, -0.1) is 0 Å². The maximum atomic E-state index is 11.5. The van der Waals surface area contributed by atoms with E-state index in [9.17, 15) is 4.79 Å². The Morgan fingerprint density at radius 3 is 2.79 bits per heavy atom. The molecule has 3 saturated heterocycles. The molecular formula is C19H18N2O3. The summed E-state index contributed by atoms with van der Waals surface area (Å²) in [4.78, 5) is 18.5. The maximum absolute atomic E-state index is 11.5. The summed E-state index contributed by atoms with van der Waals surface area (Å²) < 4.78 is 12.1. The summed E-state index contributed by atoms with van der Waals surface area (Å²) in [5.74, 6) is 1.97. The molecule has 1 aromatic rings. The Morgan fingerprint density at radius 2 is 2.00 bits per heavy atom. The molecule has 1 atom stereocenters. The average molecular weight is 322 g/mol. The summed E-state index contributed by atoms with van der Waals surface area (Å²) in [6.45, 7) is 3.41. The van der Waals surface area contributed by atoms with Crippen molar-refractivity contribution in [1.82, 2.24) is 9.88 Å². The first-order valence-electron chi connectivity index (χ1n) is 8.48. The Balaban J connectivity index is 1.50. The van der Waals surface area contributed by atoms with Crippen LogP contribution >= 0.6 is 0 Å². The molecule has 0 spiro atoms. The van der Waals surface area contributed by atoms with Crippen LogP contribution in [-0.4, -0.2) is 35.6 Å². The second kappa shape index (κ2) is 5.31. The van der Waals surface area contributed by atoms with Gasteiger partial charge in [0.15, 0.2) is 16.8 Å². The van der Waals surface area contributed by atoms with Crippen molar-refractivity contribution < 1.29 is 9.15 Å². The molecule has 5 aliphatic rings. The minimum absolute atomic E-state index is 0.0768. The third kappa shape index (κ3) is 2.36. The number of piperidine rings is 3. The number of rotatable bonds is 2. The fourth-order valence-electron chi connectivity index (χ4n) is 3.88. The van der Waals surface area contributed by atoms with Crippen LogP contribution < -0.4 is 10.2 Å². The Labute approximate surface area is 139 Å². The van der Waals surface area contributed by atoms with Gasteiger partial charge in [-0.05, 0) is 56.1 Å². The van der Waals surface area contributed by atoms with Crippen molar-refractivity contribution in [2.75, 3.05) is 19.6 Å². The molecule has 122 valence electrons. The Kier molecular flexibility index (Phi) is 3.10. The number of ether oxygens (including phenoxy) is 1. The van der Waals surface area contributed by atoms with Gasteiger partial charge >= 0.3 is 0 Å². The molecule has 6 rings (SSSR count). The van der Waals surface area contributed by atoms with Crippen LogP contribution in [0.1, 0.15) is 12.8 Å². The van der Waals surface area contributed by atoms with Crippen molar-refractivity contribution in [2.45, 2.75) is 18.9 Å². The largest absolute Gasteiger partial charge is 0.489 e. The number of benzene rings is 2. The van der Waals surface area contributed by atoms with Crippen molar-refractivity contribution in [3.63, 3.8) is 0 Å². The molecule has 0 saturated carbocycles. The van der Waals surface area contributed by atoms with Crippen LogP contribution in [0.3, 0.4) is 0 Å². The summed E-state index contributed by atoms with van der Waals surface area (Å²) in [7, 11) is 0. The Morgan fingerprint density at radius 1 is 1.12 bits per heavy atom. The third-order valence-corrected chi connectivity index (χ3v) is 5.21. The highest BCUT2D eigenvalue weighted by Crippen LogP contribution is 2.32. The zero-order valence-corrected chi connectivity index (χ0v) is 13.3. The molecule has 3 fully saturated rings. The lowest BCUT2D eigenvalue weighted by molar-refractivity contribution is -0.00772. The minimum atomic E-state index is -0.0768. The van der Waals surface area contributed by atoms with Gasteiger partial charge < -0.3 is 9.15 Å². The van der Waals surface area contributed by atoms with Crippen molar-refractivity contribution >= 4 is 11.1 Å². The molecule has 1 aliphatic carbocycles. The van der Waals surface area contributed by atoms with Gasteiger partial charge in [0.2, 0.25) is 0 Å². The standard InChI is InChI=1S/C19H18N2O3/c22-13-1-3-15-17(9-13)24-18-10-14(2-4-16(18)20-15)23-19-11-21-7-5-12(19)6-8-21/h1-4,9-10,12,19H,5-8,11H2. The number of fused-ring (bicyclic) bond motifs is 5. The number of aromatic nitrogens is 1. The van der Waals surface area contributed by atoms with Gasteiger partial charge in [0.05, 0.1) is 0 Å². The normalized spacial score (nSPS) is 26.1. The molecule has 4 heterocycles. The molecule has 5 nitrogen and oxygen atoms in total. The zero-order chi connectivity index (χ0) is 16.1. The van der Waals surface area contributed by atoms with Gasteiger partial charge in [0.1, 0.15) is 23.1 Å². The van der Waals surface area contributed by atoms with Gasteiger partial charge in [-0.3, -0.25) is 9.69 Å². The molecule has 1 unspecified atom stereocenters. The second-order valence-electron chi connectivity index (χ2n) is 6.77. The number of nitrogens with zero attached hydrogens (tertiary/aromatic N) is 2. The summed E-state index contributed by atoms with van der Waals surface area (Å²) >= 11 is 0. The molecule has 2 bridgehead atoms. The van der Waals surface area contributed by atoms with Crippen molar-refractivity contribution in [2.24, 2.45) is 5.92 Å². The predicted molar refractivity (Wildman–Crippen MR) is 90.5 cm³/mol. The number of hydrogen-bond acceptors (Lipinski definition) is 5. The van der Waals surface area contributed by atoms with E-state index in [1.54, 1.807) is 6.07 Å². The highest BCUT2D eigenvalue weighted by Gasteiger charge is 2.35. The monoisotopic (exact) mass is 322 g/mol. The zero-order valence-electron chi connectivity index (χ0n) is 13.3. The van der Waals surface area contributed by atoms with E-state index in [0.717, 1.165) is 17.8 Å². The van der Waals surface area contributed by atoms with Crippen LogP contribution in [0.15, 0.2) is 45.6 Å². The van der Waals surface area contributed by atoms with Gasteiger partial charge in [-0.2, -0.15) is 0 Å². The average Bonchev–Trinajstić information content (AvgIpc) is 2.61. The van der Waals surface area contributed by atoms with E-state index in [1.807, 2.05) is 18.2 Å². The number of hydrogen-bond donors (Lipinski definition) is 0. The van der Waals surface area contributed by atoms with Crippen LogP contribution in [0.4, 0.5) is 0 Å². The highest BCUT2D eigenvalue weighted by atomic mass is 16.5. The molecule has 0 amide bonds. The van der Waals surface area contributed by atoms with E-state index in [0.29, 0.717) is 23.0 Å². The molecule has 5 heteroatoms. The van der Waals surface area contributed by atoms with E-state index in [2.05, 4.69) is 9.88 Å². The molecule has 4 aliphatic heterocycles. The van der Waals surface area contributed by atoms with Gasteiger partial charge in [-0.25, -0.2) is 4.98 Å². The van der Waals surface area contributed by atoms with Crippen LogP contribution in [-0.2, 0) is 0 Å². The predicted octanol–water partition coefficient (Wildman–Crippen LogP) is 2.77. The van der Waals surface area contributed by atoms with Crippen LogP contribution in [0.25, 0.3) is 22.6 Å². The van der Waals surface area contributed by atoms with Crippen LogP contribution in [0.2, 0.25) is 0 Å². The van der Waals surface area contributed by atoms with Crippen molar-refractivity contribution in [3.05, 3.63) is 46.6 Å². The first kappa shape index (κ1) is 14.0. The minimum Gasteiger partial charge on any atom is -0.489 e. The lowest BCUT2D eigenvalue weighted by Crippen LogP contribution is -2.52. The lowest BCUT2D eigenvalue weighted by atomic mass is 9.86. The SMILES string of the molecule is O=c1ccc2nc3ccc(OC4CN5CCC4CC5)cc3oc-2c1. The van der Waals surface area contributed by atoms with Gasteiger partial charge in [0.25, 0.3) is 0 Å². The molecule has 0 aromatic heterocycles. The summed E-state index contributed by atoms with van der Waals surface area (Å²) in [6.07, 6.45) is 2.70. The molecule has 24 heavy (non-hydrogen) atoms. The van der Waals surface area contributed by atoms with E-state index in [4.69, 9.17) is 9.15 Å². The topological polar surface area (TPSA) is 55.6 Å². The Hall–Kier alpha value is -2.40. The first-order chi connectivity index (χ1) is 11.7. The van der Waals surface area contributed by atoms with Gasteiger partial charge in [-0.1, -0.05) is 0 Å². The third-order valence-electron chi connectivity index (χ3n) is 5.21. The lowest BCUT2D eigenvalue weighted by Gasteiger charge is -2.44. The Bertz CT molecular complexity index is 927. The van der Waals surface area contributed by atoms with E-state index in [1.165, 1.54) is 38.1 Å². The summed E-state index contributed by atoms with van der Waals surface area (Å²) in [5, 5.41) is 0. The first-order valence-corrected chi connectivity index (χ1v) is 8.48. The fourth-order valence-corrected chi connectivity index (χ4v) is 3.88. The van der Waals surface area contributed by atoms with Crippen molar-refractivity contribution in [1.29, 1.82) is 0 Å². The van der Waals surface area contributed by atoms with E-state index < -0.39 is 0 Å². The molecular weight excluding hydrogens is 304 g/mol. The van der Waals surface area contributed by atoms with Crippen LogP contribution in [0.5, 0.6) is 5.75 Å². The van der Waals surface area contributed by atoms with E-state index >= 15 is 0 Å². The van der Waals surface area contributed by atoms with E-state index in [-0.39, 0.29) is 11.5 Å². The smallest absolute Gasteiger partial charge is 0.182 e. The van der Waals surface area contributed by atoms with Crippen molar-refractivity contribution in [3.8, 4) is 17.2 Å². The summed E-state index contributed by atoms with van der Waals surface area (Å²) in [6, 6.07) is 10.4. The quantitative estimate of drug-likeness (QED) is 0.679. The highest BCUT2D eigenvalue weighted by molar-refractivity contribution is 5.77. The van der Waals surface area contributed by atoms with Gasteiger partial charge in [0, 0.05) is 18.7 Å². The molecule has 0 N–H and O–H groups in total. The summed E-state index contributed by atoms with van der Waals surface area (Å²) in [5.41, 5.74) is 2.02. The van der Waals surface area contributed by atoms with Crippen LogP contribution in [0, 0.1) is 5.92 Å². The second-order valence-corrected chi connectivity index (χ2v) is 6.77. The fraction of sp³-hybridized carbons (Fsp3) is 0.368.